The normalized spacial score (nSPS) is 11.6. The molecule has 150 valence electrons. The summed E-state index contributed by atoms with van der Waals surface area (Å²) in [6, 6.07) is 15.2. The first-order valence-corrected chi connectivity index (χ1v) is 9.92. The Balaban J connectivity index is 0.00000136. The van der Waals surface area contributed by atoms with Crippen molar-refractivity contribution in [1.29, 1.82) is 0 Å². The maximum Gasteiger partial charge on any atom is 0.336 e. The van der Waals surface area contributed by atoms with Gasteiger partial charge in [0.25, 0.3) is 0 Å². The lowest BCUT2D eigenvalue weighted by atomic mass is 9.98. The molecule has 0 amide bonds. The van der Waals surface area contributed by atoms with Crippen LogP contribution in [-0.4, -0.2) is 19.8 Å². The van der Waals surface area contributed by atoms with Crippen LogP contribution in [-0.2, 0) is 4.74 Å². The predicted molar refractivity (Wildman–Crippen MR) is 115 cm³/mol. The molecule has 1 heterocycles. The van der Waals surface area contributed by atoms with E-state index < -0.39 is 0 Å². The Labute approximate surface area is 167 Å². The van der Waals surface area contributed by atoms with E-state index in [1.807, 2.05) is 57.2 Å². The Bertz CT molecular complexity index is 943. The third-order valence-electron chi connectivity index (χ3n) is 4.53. The highest BCUT2D eigenvalue weighted by Crippen LogP contribution is 2.31. The minimum Gasteiger partial charge on any atom is -0.491 e. The Morgan fingerprint density at radius 2 is 1.79 bits per heavy atom. The fourth-order valence-electron chi connectivity index (χ4n) is 3.11. The van der Waals surface area contributed by atoms with Crippen LogP contribution in [0.5, 0.6) is 5.75 Å². The maximum atomic E-state index is 12.1. The molecule has 3 aromatic rings. The summed E-state index contributed by atoms with van der Waals surface area (Å²) in [5, 5.41) is 0.892. The third-order valence-corrected chi connectivity index (χ3v) is 4.53. The van der Waals surface area contributed by atoms with E-state index in [1.165, 1.54) is 0 Å². The van der Waals surface area contributed by atoms with E-state index in [1.54, 1.807) is 19.2 Å². The molecule has 2 aromatic carbocycles. The van der Waals surface area contributed by atoms with Gasteiger partial charge in [0.1, 0.15) is 17.9 Å². The van der Waals surface area contributed by atoms with Crippen LogP contribution in [0.25, 0.3) is 22.1 Å². The van der Waals surface area contributed by atoms with Crippen molar-refractivity contribution in [3.63, 3.8) is 0 Å². The van der Waals surface area contributed by atoms with Gasteiger partial charge in [-0.05, 0) is 36.6 Å². The second-order valence-electron chi connectivity index (χ2n) is 6.41. The van der Waals surface area contributed by atoms with E-state index in [9.17, 15) is 4.79 Å². The van der Waals surface area contributed by atoms with Gasteiger partial charge in [-0.3, -0.25) is 0 Å². The van der Waals surface area contributed by atoms with E-state index in [-0.39, 0.29) is 11.7 Å². The lowest BCUT2D eigenvalue weighted by molar-refractivity contribution is 0.0516. The highest BCUT2D eigenvalue weighted by atomic mass is 16.5. The molecule has 28 heavy (non-hydrogen) atoms. The fourth-order valence-corrected chi connectivity index (χ4v) is 3.11. The van der Waals surface area contributed by atoms with E-state index in [2.05, 4.69) is 6.92 Å². The van der Waals surface area contributed by atoms with Gasteiger partial charge in [0.15, 0.2) is 0 Å². The lowest BCUT2D eigenvalue weighted by Crippen LogP contribution is -2.19. The Kier molecular flexibility index (Phi) is 8.27. The van der Waals surface area contributed by atoms with Crippen molar-refractivity contribution < 1.29 is 13.9 Å². The Hall–Kier alpha value is -2.59. The third kappa shape index (κ3) is 5.23. The number of benzene rings is 2. The summed E-state index contributed by atoms with van der Waals surface area (Å²) in [7, 11) is 1.69. The van der Waals surface area contributed by atoms with Crippen LogP contribution in [0.4, 0.5) is 0 Å². The average molecular weight is 383 g/mol. The minimum absolute atomic E-state index is 0.0565. The van der Waals surface area contributed by atoms with Crippen LogP contribution in [0, 0.1) is 6.92 Å². The Morgan fingerprint density at radius 1 is 1.04 bits per heavy atom. The quantitative estimate of drug-likeness (QED) is 0.471. The minimum atomic E-state index is -0.367. The molecular formula is C24H30O4. The molecule has 1 atom stereocenters. The van der Waals surface area contributed by atoms with Crippen molar-refractivity contribution in [2.45, 2.75) is 46.6 Å². The van der Waals surface area contributed by atoms with Crippen LogP contribution in [0.2, 0.25) is 0 Å². The summed E-state index contributed by atoms with van der Waals surface area (Å²) in [6.45, 7) is 8.62. The summed E-state index contributed by atoms with van der Waals surface area (Å²) in [6.07, 6.45) is 2.03. The van der Waals surface area contributed by atoms with Crippen molar-refractivity contribution in [1.82, 2.24) is 0 Å². The van der Waals surface area contributed by atoms with Crippen molar-refractivity contribution >= 4 is 11.0 Å². The number of hydrogen-bond acceptors (Lipinski definition) is 4. The molecule has 0 spiro atoms. The SMILES string of the molecule is CC.CCCC(COc1ccc2c(-c3ccccc3C)cc(=O)oc2c1)OC. The summed E-state index contributed by atoms with van der Waals surface area (Å²) in [5.41, 5.74) is 3.18. The van der Waals surface area contributed by atoms with Crippen molar-refractivity contribution in [2.75, 3.05) is 13.7 Å². The van der Waals surface area contributed by atoms with E-state index in [0.717, 1.165) is 34.9 Å². The molecule has 0 aliphatic carbocycles. The average Bonchev–Trinajstić information content (AvgIpc) is 2.72. The number of fused-ring (bicyclic) bond motifs is 1. The standard InChI is InChI=1S/C22H24O4.C2H6/c1-4-7-17(24-3)14-25-16-10-11-19-20(13-22(23)26-21(19)12-16)18-9-6-5-8-15(18)2;1-2/h5-6,8-13,17H,4,7,14H2,1-3H3;1-2H3. The molecule has 4 nitrogen and oxygen atoms in total. The van der Waals surface area contributed by atoms with Gasteiger partial charge in [0.2, 0.25) is 0 Å². The molecule has 0 fully saturated rings. The number of rotatable bonds is 7. The molecule has 1 unspecified atom stereocenters. The van der Waals surface area contributed by atoms with Crippen LogP contribution >= 0.6 is 0 Å². The zero-order chi connectivity index (χ0) is 20.5. The second kappa shape index (κ2) is 10.7. The molecule has 0 bridgehead atoms. The van der Waals surface area contributed by atoms with Crippen LogP contribution in [0.3, 0.4) is 0 Å². The zero-order valence-electron chi connectivity index (χ0n) is 17.5. The van der Waals surface area contributed by atoms with Crippen molar-refractivity contribution in [3.8, 4) is 16.9 Å². The number of hydrogen-bond donors (Lipinski definition) is 0. The molecule has 0 radical (unpaired) electrons. The predicted octanol–water partition coefficient (Wildman–Crippen LogP) is 5.99. The van der Waals surface area contributed by atoms with E-state index in [4.69, 9.17) is 13.9 Å². The molecule has 3 rings (SSSR count). The van der Waals surface area contributed by atoms with Crippen LogP contribution in [0.15, 0.2) is 57.7 Å². The van der Waals surface area contributed by atoms with Crippen molar-refractivity contribution in [2.24, 2.45) is 0 Å². The molecule has 1 aromatic heterocycles. The first-order chi connectivity index (χ1) is 13.6. The maximum absolute atomic E-state index is 12.1. The summed E-state index contributed by atoms with van der Waals surface area (Å²) in [5.74, 6) is 0.667. The van der Waals surface area contributed by atoms with Crippen molar-refractivity contribution in [3.05, 3.63) is 64.5 Å². The Morgan fingerprint density at radius 3 is 2.46 bits per heavy atom. The van der Waals surface area contributed by atoms with Crippen LogP contribution in [0.1, 0.15) is 39.2 Å². The zero-order valence-corrected chi connectivity index (χ0v) is 17.5. The molecule has 0 N–H and O–H groups in total. The summed E-state index contributed by atoms with van der Waals surface area (Å²) in [4.78, 5) is 12.1. The highest BCUT2D eigenvalue weighted by molar-refractivity contribution is 5.94. The van der Waals surface area contributed by atoms with Crippen LogP contribution < -0.4 is 10.4 Å². The monoisotopic (exact) mass is 382 g/mol. The molecule has 4 heteroatoms. The van der Waals surface area contributed by atoms with Gasteiger partial charge in [-0.1, -0.05) is 51.5 Å². The van der Waals surface area contributed by atoms with Gasteiger partial charge in [-0.15, -0.1) is 0 Å². The van der Waals surface area contributed by atoms with Gasteiger partial charge in [0.05, 0.1) is 6.10 Å². The molecular weight excluding hydrogens is 352 g/mol. The molecule has 0 aliphatic rings. The van der Waals surface area contributed by atoms with Gasteiger partial charge < -0.3 is 13.9 Å². The summed E-state index contributed by atoms with van der Waals surface area (Å²) < 4.78 is 16.7. The first-order valence-electron chi connectivity index (χ1n) is 9.92. The number of methoxy groups -OCH3 is 1. The number of ether oxygens (including phenoxy) is 2. The largest absolute Gasteiger partial charge is 0.491 e. The van der Waals surface area contributed by atoms with E-state index >= 15 is 0 Å². The molecule has 0 saturated carbocycles. The van der Waals surface area contributed by atoms with Gasteiger partial charge in [0, 0.05) is 30.2 Å². The van der Waals surface area contributed by atoms with Gasteiger partial charge in [-0.2, -0.15) is 0 Å². The summed E-state index contributed by atoms with van der Waals surface area (Å²) >= 11 is 0. The van der Waals surface area contributed by atoms with E-state index in [0.29, 0.717) is 17.9 Å². The first kappa shape index (κ1) is 21.7. The van der Waals surface area contributed by atoms with Gasteiger partial charge in [-0.25, -0.2) is 4.79 Å². The van der Waals surface area contributed by atoms with Gasteiger partial charge >= 0.3 is 5.63 Å². The molecule has 0 aliphatic heterocycles. The highest BCUT2D eigenvalue weighted by Gasteiger charge is 2.12. The lowest BCUT2D eigenvalue weighted by Gasteiger charge is -2.16. The molecule has 0 saturated heterocycles. The fraction of sp³-hybridized carbons (Fsp3) is 0.375. The number of aryl methyl sites for hydroxylation is 1. The second-order valence-corrected chi connectivity index (χ2v) is 6.41. The smallest absolute Gasteiger partial charge is 0.336 e. The topological polar surface area (TPSA) is 48.7 Å².